The van der Waals surface area contributed by atoms with E-state index in [0.717, 1.165) is 5.02 Å². The topological polar surface area (TPSA) is 15.6 Å². The maximum atomic E-state index is 6.13. The van der Waals surface area contributed by atoms with E-state index in [0.29, 0.717) is 6.04 Å². The molecule has 1 aromatic carbocycles. The van der Waals surface area contributed by atoms with Gasteiger partial charge < -0.3 is 0 Å². The van der Waals surface area contributed by atoms with Crippen LogP contribution in [-0.2, 0) is 0 Å². The van der Waals surface area contributed by atoms with Gasteiger partial charge in [0.15, 0.2) is 0 Å². The Labute approximate surface area is 170 Å². The Morgan fingerprint density at radius 2 is 1.62 bits per heavy atom. The fourth-order valence-electron chi connectivity index (χ4n) is 3.44. The summed E-state index contributed by atoms with van der Waals surface area (Å²) in [6.45, 7) is 13.9. The fourth-order valence-corrected chi connectivity index (χ4v) is 8.05. The zero-order valence-corrected chi connectivity index (χ0v) is 21.5. The van der Waals surface area contributed by atoms with Crippen molar-refractivity contribution in [2.24, 2.45) is 10.3 Å². The van der Waals surface area contributed by atoms with Crippen LogP contribution in [0.3, 0.4) is 0 Å². The molecular formula is C21H34BClN2Sn. The van der Waals surface area contributed by atoms with Crippen molar-refractivity contribution in [3.8, 4) is 0 Å². The third kappa shape index (κ3) is 5.10. The van der Waals surface area contributed by atoms with Crippen molar-refractivity contribution in [2.45, 2.75) is 67.7 Å². The van der Waals surface area contributed by atoms with E-state index in [9.17, 15) is 0 Å². The molecule has 0 N–H and O–H groups in total. The van der Waals surface area contributed by atoms with Gasteiger partial charge in [-0.2, -0.15) is 0 Å². The Bertz CT molecular complexity index is 667. The van der Waals surface area contributed by atoms with Crippen molar-refractivity contribution in [2.75, 3.05) is 0 Å². The van der Waals surface area contributed by atoms with Gasteiger partial charge in [0.05, 0.1) is 0 Å². The normalized spacial score (nSPS) is 19.5. The molecule has 2 rings (SSSR count). The summed E-state index contributed by atoms with van der Waals surface area (Å²) in [5.41, 5.74) is 1.45. The van der Waals surface area contributed by atoms with Crippen LogP contribution in [0.1, 0.15) is 47.1 Å². The van der Waals surface area contributed by atoms with Gasteiger partial charge in [0.25, 0.3) is 0 Å². The van der Waals surface area contributed by atoms with Gasteiger partial charge in [-0.05, 0) is 0 Å². The van der Waals surface area contributed by atoms with E-state index in [1.54, 1.807) is 0 Å². The van der Waals surface area contributed by atoms with Gasteiger partial charge in [-0.1, -0.05) is 0 Å². The molecule has 1 atom stereocenters. The molecule has 0 saturated carbocycles. The second kappa shape index (κ2) is 7.54. The Hall–Kier alpha value is -0.416. The van der Waals surface area contributed by atoms with Crippen molar-refractivity contribution < 1.29 is 0 Å². The summed E-state index contributed by atoms with van der Waals surface area (Å²) in [4.78, 5) is 14.9. The summed E-state index contributed by atoms with van der Waals surface area (Å²) in [5.74, 6) is 0. The predicted octanol–water partition coefficient (Wildman–Crippen LogP) is 6.65. The molecule has 0 aromatic heterocycles. The summed E-state index contributed by atoms with van der Waals surface area (Å²) in [5, 5.41) is 0.882. The second-order valence-electron chi connectivity index (χ2n) is 10.6. The standard InChI is InChI=1S/C18H25BClN2.3CH3.Sn/c1-17(2,3)16-13-21-19(18(4,5)6)22(16)12-11-14-7-9-15(20)10-8-14;;;;/h7-10,12-13,16H,1-6H3;3*1H3;. The van der Waals surface area contributed by atoms with Crippen LogP contribution in [0.15, 0.2) is 35.4 Å². The van der Waals surface area contributed by atoms with E-state index in [1.165, 1.54) is 9.15 Å². The molecule has 1 aliphatic rings. The molecule has 0 saturated heterocycles. The van der Waals surface area contributed by atoms with Crippen LogP contribution in [0.2, 0.25) is 25.2 Å². The number of hydrogen-bond donors (Lipinski definition) is 0. The average molecular weight is 479 g/mol. The zero-order chi connectivity index (χ0) is 19.9. The van der Waals surface area contributed by atoms with Gasteiger partial charge in [0.1, 0.15) is 0 Å². The fraction of sp³-hybridized carbons (Fsp3) is 0.571. The number of rotatable bonds is 3. The van der Waals surface area contributed by atoms with Crippen LogP contribution >= 0.6 is 11.6 Å². The molecule has 1 unspecified atom stereocenters. The quantitative estimate of drug-likeness (QED) is 0.444. The SMILES string of the molecule is CC(C)(C)B1N=CC(C(C)(C)C)N1/C=[C](/c1ccc(Cl)cc1)[Sn]([CH3])([CH3])[CH3]. The third-order valence-corrected chi connectivity index (χ3v) is 10.9. The first kappa shape index (κ1) is 21.9. The van der Waals surface area contributed by atoms with E-state index in [4.69, 9.17) is 16.5 Å². The van der Waals surface area contributed by atoms with Crippen molar-refractivity contribution >= 4 is 46.8 Å². The van der Waals surface area contributed by atoms with Gasteiger partial charge in [-0.3, -0.25) is 0 Å². The molecule has 26 heavy (non-hydrogen) atoms. The molecule has 2 nitrogen and oxygen atoms in total. The predicted molar refractivity (Wildman–Crippen MR) is 122 cm³/mol. The molecule has 1 aromatic rings. The Morgan fingerprint density at radius 3 is 2.04 bits per heavy atom. The minimum atomic E-state index is -2.38. The van der Waals surface area contributed by atoms with E-state index in [2.05, 4.69) is 85.7 Å². The monoisotopic (exact) mass is 480 g/mol. The first-order valence-electron chi connectivity index (χ1n) is 9.50. The summed E-state index contributed by atoms with van der Waals surface area (Å²) in [7, 11) is 0. The van der Waals surface area contributed by atoms with Gasteiger partial charge in [-0.25, -0.2) is 0 Å². The third-order valence-electron chi connectivity index (χ3n) is 4.88. The molecular weight excluding hydrogens is 445 g/mol. The van der Waals surface area contributed by atoms with Gasteiger partial charge in [0.2, 0.25) is 0 Å². The van der Waals surface area contributed by atoms with Gasteiger partial charge in [-0.15, -0.1) is 0 Å². The van der Waals surface area contributed by atoms with Crippen molar-refractivity contribution in [3.63, 3.8) is 0 Å². The second-order valence-corrected chi connectivity index (χ2v) is 25.4. The van der Waals surface area contributed by atoms with Gasteiger partial charge >= 0.3 is 171 Å². The van der Waals surface area contributed by atoms with Crippen LogP contribution < -0.4 is 0 Å². The van der Waals surface area contributed by atoms with E-state index in [1.807, 2.05) is 12.1 Å². The van der Waals surface area contributed by atoms with Crippen LogP contribution in [0.5, 0.6) is 0 Å². The molecule has 0 bridgehead atoms. The van der Waals surface area contributed by atoms with Crippen LogP contribution in [0, 0.1) is 5.41 Å². The number of halogens is 1. The maximum absolute atomic E-state index is 6.13. The molecule has 5 heteroatoms. The van der Waals surface area contributed by atoms with Gasteiger partial charge in [0, 0.05) is 0 Å². The first-order chi connectivity index (χ1) is 11.7. The van der Waals surface area contributed by atoms with Crippen LogP contribution in [-0.4, -0.2) is 42.4 Å². The summed E-state index contributed by atoms with van der Waals surface area (Å²) in [6.07, 6.45) is 4.61. The minimum absolute atomic E-state index is 0.0888. The average Bonchev–Trinajstić information content (AvgIpc) is 2.88. The summed E-state index contributed by atoms with van der Waals surface area (Å²) < 4.78 is 1.52. The van der Waals surface area contributed by atoms with E-state index >= 15 is 0 Å². The molecule has 142 valence electrons. The number of nitrogens with zero attached hydrogens (tertiary/aromatic N) is 2. The van der Waals surface area contributed by atoms with Crippen molar-refractivity contribution in [1.82, 2.24) is 4.81 Å². The molecule has 0 fully saturated rings. The number of benzene rings is 1. The number of hydrogen-bond acceptors (Lipinski definition) is 2. The Morgan fingerprint density at radius 1 is 1.08 bits per heavy atom. The van der Waals surface area contributed by atoms with E-state index in [-0.39, 0.29) is 17.7 Å². The van der Waals surface area contributed by atoms with Crippen molar-refractivity contribution in [3.05, 3.63) is 41.1 Å². The Balaban J connectivity index is 2.58. The van der Waals surface area contributed by atoms with Crippen LogP contribution in [0.4, 0.5) is 0 Å². The van der Waals surface area contributed by atoms with E-state index < -0.39 is 18.4 Å². The summed E-state index contributed by atoms with van der Waals surface area (Å²) >= 11 is 3.75. The first-order valence-corrected chi connectivity index (χ1v) is 19.9. The molecule has 1 heterocycles. The molecule has 0 aliphatic carbocycles. The molecule has 1 aliphatic heterocycles. The zero-order valence-electron chi connectivity index (χ0n) is 17.9. The van der Waals surface area contributed by atoms with Crippen LogP contribution in [0.25, 0.3) is 3.59 Å². The molecule has 0 radical (unpaired) electrons. The molecule has 0 spiro atoms. The van der Waals surface area contributed by atoms with Crippen molar-refractivity contribution in [1.29, 1.82) is 0 Å². The Kier molecular flexibility index (Phi) is 6.35. The molecule has 0 amide bonds. The summed E-state index contributed by atoms with van der Waals surface area (Å²) in [6, 6.07) is 8.66.